The lowest BCUT2D eigenvalue weighted by atomic mass is 10.3. The molecule has 1 rings (SSSR count). The van der Waals surface area contributed by atoms with Crippen molar-refractivity contribution in [3.63, 3.8) is 0 Å². The van der Waals surface area contributed by atoms with Crippen molar-refractivity contribution in [1.82, 2.24) is 0 Å². The zero-order valence-electron chi connectivity index (χ0n) is 5.70. The third-order valence-electron chi connectivity index (χ3n) is 0.986. The summed E-state index contributed by atoms with van der Waals surface area (Å²) in [6.45, 7) is 0. The van der Waals surface area contributed by atoms with E-state index in [0.29, 0.717) is 0 Å². The van der Waals surface area contributed by atoms with Gasteiger partial charge in [-0.25, -0.2) is 0 Å². The maximum Gasteiger partial charge on any atom is 0.520 e. The molecule has 0 aliphatic heterocycles. The van der Waals surface area contributed by atoms with Crippen molar-refractivity contribution in [3.8, 4) is 5.75 Å². The van der Waals surface area contributed by atoms with Crippen molar-refractivity contribution in [3.05, 3.63) is 30.3 Å². The summed E-state index contributed by atoms with van der Waals surface area (Å²) in [6.07, 6.45) is 0. The summed E-state index contributed by atoms with van der Waals surface area (Å²) in [5.74, 6) is 0.850. The summed E-state index contributed by atoms with van der Waals surface area (Å²) in [5, 5.41) is 0. The molecular formula is C7H8O2Si. The SMILES string of the molecule is CO[Si]Oc1ccccc1. The molecule has 0 amide bonds. The monoisotopic (exact) mass is 152 g/mol. The predicted molar refractivity (Wildman–Crippen MR) is 39.8 cm³/mol. The first-order valence-electron chi connectivity index (χ1n) is 2.93. The molecule has 1 aromatic rings. The fraction of sp³-hybridized carbons (Fsp3) is 0.143. The van der Waals surface area contributed by atoms with E-state index in [4.69, 9.17) is 8.85 Å². The van der Waals surface area contributed by atoms with Gasteiger partial charge in [-0.15, -0.1) is 0 Å². The van der Waals surface area contributed by atoms with Crippen LogP contribution >= 0.6 is 0 Å². The highest BCUT2D eigenvalue weighted by Gasteiger charge is 1.91. The normalized spacial score (nSPS) is 9.30. The van der Waals surface area contributed by atoms with Crippen molar-refractivity contribution < 1.29 is 8.85 Å². The minimum absolute atomic E-state index is 0.0923. The van der Waals surface area contributed by atoms with E-state index < -0.39 is 0 Å². The first-order chi connectivity index (χ1) is 4.93. The standard InChI is InChI=1S/C7H8O2Si/c1-8-10-9-7-5-3-2-4-6-7/h2-6H,1H3. The molecule has 0 aromatic heterocycles. The van der Waals surface area contributed by atoms with E-state index in [2.05, 4.69) is 0 Å². The Bertz CT molecular complexity index is 176. The average molecular weight is 152 g/mol. The first-order valence-corrected chi connectivity index (χ1v) is 3.75. The van der Waals surface area contributed by atoms with Crippen molar-refractivity contribution in [2.45, 2.75) is 0 Å². The van der Waals surface area contributed by atoms with Gasteiger partial charge >= 0.3 is 10.0 Å². The van der Waals surface area contributed by atoms with E-state index in [9.17, 15) is 0 Å². The molecule has 52 valence electrons. The Morgan fingerprint density at radius 1 is 1.20 bits per heavy atom. The lowest BCUT2D eigenvalue weighted by molar-refractivity contribution is 0.366. The van der Waals surface area contributed by atoms with Crippen LogP contribution in [0.15, 0.2) is 30.3 Å². The molecule has 0 saturated heterocycles. The van der Waals surface area contributed by atoms with Gasteiger partial charge in [-0.2, -0.15) is 0 Å². The Kier molecular flexibility index (Phi) is 2.98. The maximum absolute atomic E-state index is 5.16. The molecule has 0 N–H and O–H groups in total. The second-order valence-electron chi connectivity index (χ2n) is 1.70. The zero-order valence-corrected chi connectivity index (χ0v) is 6.70. The van der Waals surface area contributed by atoms with Crippen LogP contribution in [0, 0.1) is 0 Å². The van der Waals surface area contributed by atoms with Gasteiger partial charge in [0.05, 0.1) is 0 Å². The van der Waals surface area contributed by atoms with Gasteiger partial charge in [0.1, 0.15) is 5.75 Å². The molecular weight excluding hydrogens is 144 g/mol. The molecule has 0 heterocycles. The van der Waals surface area contributed by atoms with Gasteiger partial charge in [0.2, 0.25) is 0 Å². The van der Waals surface area contributed by atoms with Crippen LogP contribution in [0.2, 0.25) is 0 Å². The summed E-state index contributed by atoms with van der Waals surface area (Å²) in [6, 6.07) is 9.59. The van der Waals surface area contributed by atoms with Crippen LogP contribution in [0.3, 0.4) is 0 Å². The van der Waals surface area contributed by atoms with Gasteiger partial charge in [0.15, 0.2) is 0 Å². The average Bonchev–Trinajstić information content (AvgIpc) is 2.03. The predicted octanol–water partition coefficient (Wildman–Crippen LogP) is 1.25. The highest BCUT2D eigenvalue weighted by atomic mass is 28.3. The van der Waals surface area contributed by atoms with Crippen LogP contribution in [0.25, 0.3) is 0 Å². The van der Waals surface area contributed by atoms with Crippen molar-refractivity contribution in [1.29, 1.82) is 0 Å². The summed E-state index contributed by atoms with van der Waals surface area (Å²) in [7, 11) is 1.70. The number of hydrogen-bond acceptors (Lipinski definition) is 2. The van der Waals surface area contributed by atoms with E-state index in [1.165, 1.54) is 0 Å². The fourth-order valence-electron chi connectivity index (χ4n) is 0.578. The summed E-state index contributed by atoms with van der Waals surface area (Å²) in [5.41, 5.74) is 0. The third-order valence-corrected chi connectivity index (χ3v) is 1.47. The van der Waals surface area contributed by atoms with Crippen LogP contribution in [-0.4, -0.2) is 17.1 Å². The Balaban J connectivity index is 2.43. The summed E-state index contributed by atoms with van der Waals surface area (Å²) >= 11 is 0. The molecule has 10 heavy (non-hydrogen) atoms. The molecule has 0 saturated carbocycles. The topological polar surface area (TPSA) is 18.5 Å². The van der Waals surface area contributed by atoms with Gasteiger partial charge in [0.25, 0.3) is 0 Å². The summed E-state index contributed by atoms with van der Waals surface area (Å²) < 4.78 is 9.91. The molecule has 3 heteroatoms. The van der Waals surface area contributed by atoms with Gasteiger partial charge in [-0.3, -0.25) is 0 Å². The number of hydrogen-bond donors (Lipinski definition) is 0. The Morgan fingerprint density at radius 3 is 2.50 bits per heavy atom. The van der Waals surface area contributed by atoms with Crippen molar-refractivity contribution in [2.24, 2.45) is 0 Å². The molecule has 0 aliphatic rings. The van der Waals surface area contributed by atoms with Crippen LogP contribution < -0.4 is 4.43 Å². The van der Waals surface area contributed by atoms with Crippen molar-refractivity contribution in [2.75, 3.05) is 7.11 Å². The molecule has 2 nitrogen and oxygen atoms in total. The third kappa shape index (κ3) is 2.20. The molecule has 0 unspecified atom stereocenters. The first kappa shape index (κ1) is 7.31. The van der Waals surface area contributed by atoms with Gasteiger partial charge in [-0.1, -0.05) is 18.2 Å². The largest absolute Gasteiger partial charge is 0.520 e. The van der Waals surface area contributed by atoms with E-state index in [1.807, 2.05) is 30.3 Å². The molecule has 0 spiro atoms. The number of benzene rings is 1. The maximum atomic E-state index is 5.16. The fourth-order valence-corrected chi connectivity index (χ4v) is 0.894. The molecule has 0 bridgehead atoms. The van der Waals surface area contributed by atoms with Crippen LogP contribution in [-0.2, 0) is 4.43 Å². The Labute approximate surface area is 62.8 Å². The number of rotatable bonds is 3. The highest BCUT2D eigenvalue weighted by Crippen LogP contribution is 2.06. The smallest absolute Gasteiger partial charge is 0.518 e. The van der Waals surface area contributed by atoms with E-state index in [1.54, 1.807) is 7.11 Å². The summed E-state index contributed by atoms with van der Waals surface area (Å²) in [4.78, 5) is 0. The number of para-hydroxylation sites is 1. The lowest BCUT2D eigenvalue weighted by Crippen LogP contribution is -2.03. The van der Waals surface area contributed by atoms with E-state index >= 15 is 0 Å². The van der Waals surface area contributed by atoms with Gasteiger partial charge < -0.3 is 8.85 Å². The Hall–Kier alpha value is -0.803. The van der Waals surface area contributed by atoms with Gasteiger partial charge in [-0.05, 0) is 12.1 Å². The molecule has 0 atom stereocenters. The van der Waals surface area contributed by atoms with E-state index in [-0.39, 0.29) is 10.0 Å². The minimum Gasteiger partial charge on any atom is -0.518 e. The second-order valence-corrected chi connectivity index (χ2v) is 2.48. The van der Waals surface area contributed by atoms with Crippen LogP contribution in [0.4, 0.5) is 0 Å². The lowest BCUT2D eigenvalue weighted by Gasteiger charge is -1.99. The second kappa shape index (κ2) is 4.08. The molecule has 1 aromatic carbocycles. The van der Waals surface area contributed by atoms with Crippen molar-refractivity contribution >= 4 is 10.0 Å². The van der Waals surface area contributed by atoms with Gasteiger partial charge in [0, 0.05) is 7.11 Å². The van der Waals surface area contributed by atoms with Crippen LogP contribution in [0.5, 0.6) is 5.75 Å². The van der Waals surface area contributed by atoms with E-state index in [0.717, 1.165) is 5.75 Å². The van der Waals surface area contributed by atoms with Crippen LogP contribution in [0.1, 0.15) is 0 Å². The quantitative estimate of drug-likeness (QED) is 0.607. The zero-order chi connectivity index (χ0) is 7.23. The Morgan fingerprint density at radius 2 is 1.90 bits per heavy atom. The molecule has 0 fully saturated rings. The molecule has 0 aliphatic carbocycles. The highest BCUT2D eigenvalue weighted by molar-refractivity contribution is 6.19. The minimum atomic E-state index is 0.0923. The molecule has 2 radical (unpaired) electrons.